The Balaban J connectivity index is 1.30. The molecule has 44 heavy (non-hydrogen) atoms. The largest absolute Gasteiger partial charge is 0.393 e. The van der Waals surface area contributed by atoms with Crippen LogP contribution in [0.5, 0.6) is 0 Å². The smallest absolute Gasteiger partial charge is 0.220 e. The molecule has 4 aliphatic carbocycles. The van der Waals surface area contributed by atoms with Crippen molar-refractivity contribution in [2.45, 2.75) is 181 Å². The molecule has 4 saturated carbocycles. The van der Waals surface area contributed by atoms with Crippen LogP contribution in [-0.2, 0) is 9.53 Å². The van der Waals surface area contributed by atoms with E-state index in [-0.39, 0.29) is 57.3 Å². The SMILES string of the molecule is CC(C)(O)[C@H]1CC[C@@](C)([C@H]2CC[C@]3(C)[C@@H]2[C@H](O)C[C@@H]2[C@@]4(C)CC[C@H](NC(=O)CCCCCCCN)C(C)(C)[C@@H]4CC[C@]23C)O1. The number of carbonyl (C=O) groups excluding carboxylic acids is 1. The van der Waals surface area contributed by atoms with E-state index in [9.17, 15) is 15.0 Å². The van der Waals surface area contributed by atoms with Crippen molar-refractivity contribution in [3.05, 3.63) is 0 Å². The van der Waals surface area contributed by atoms with Crippen LogP contribution in [0.3, 0.4) is 0 Å². The fraction of sp³-hybridized carbons (Fsp3) is 0.974. The highest BCUT2D eigenvalue weighted by atomic mass is 16.5. The van der Waals surface area contributed by atoms with Gasteiger partial charge in [-0.25, -0.2) is 0 Å². The lowest BCUT2D eigenvalue weighted by molar-refractivity contribution is -0.240. The number of hydrogen-bond donors (Lipinski definition) is 4. The molecule has 0 aromatic rings. The third-order valence-electron chi connectivity index (χ3n) is 15.3. The molecule has 0 bridgehead atoms. The van der Waals surface area contributed by atoms with Gasteiger partial charge in [-0.3, -0.25) is 4.79 Å². The average Bonchev–Trinajstić information content (AvgIpc) is 3.52. The van der Waals surface area contributed by atoms with Crippen LogP contribution in [0.1, 0.15) is 152 Å². The Labute approximate surface area is 269 Å². The van der Waals surface area contributed by atoms with E-state index < -0.39 is 5.60 Å². The van der Waals surface area contributed by atoms with Crippen LogP contribution in [0.4, 0.5) is 0 Å². The molecule has 1 aliphatic heterocycles. The number of hydrogen-bond acceptors (Lipinski definition) is 5. The molecule has 0 radical (unpaired) electrons. The van der Waals surface area contributed by atoms with Crippen molar-refractivity contribution in [3.63, 3.8) is 0 Å². The molecule has 254 valence electrons. The van der Waals surface area contributed by atoms with Crippen LogP contribution in [0.15, 0.2) is 0 Å². The highest BCUT2D eigenvalue weighted by molar-refractivity contribution is 5.76. The van der Waals surface area contributed by atoms with E-state index in [1.807, 2.05) is 13.8 Å². The van der Waals surface area contributed by atoms with E-state index in [4.69, 9.17) is 10.5 Å². The molecule has 5 rings (SSSR count). The lowest BCUT2D eigenvalue weighted by atomic mass is 9.35. The van der Waals surface area contributed by atoms with Gasteiger partial charge in [0.2, 0.25) is 5.91 Å². The van der Waals surface area contributed by atoms with E-state index in [0.717, 1.165) is 70.8 Å². The van der Waals surface area contributed by atoms with Crippen molar-refractivity contribution in [3.8, 4) is 0 Å². The molecular weight excluding hydrogens is 548 g/mol. The molecule has 5 N–H and O–H groups in total. The maximum Gasteiger partial charge on any atom is 0.220 e. The third kappa shape index (κ3) is 5.62. The summed E-state index contributed by atoms with van der Waals surface area (Å²) in [6.45, 7) is 19.3. The number of aliphatic hydroxyl groups excluding tert-OH is 1. The zero-order valence-corrected chi connectivity index (χ0v) is 29.6. The maximum atomic E-state index is 13.1. The van der Waals surface area contributed by atoms with E-state index in [0.29, 0.717) is 24.2 Å². The molecule has 6 heteroatoms. The van der Waals surface area contributed by atoms with Gasteiger partial charge in [-0.05, 0) is 143 Å². The van der Waals surface area contributed by atoms with Crippen molar-refractivity contribution in [1.82, 2.24) is 5.32 Å². The number of unbranched alkanes of at least 4 members (excludes halogenated alkanes) is 4. The highest BCUT2D eigenvalue weighted by Crippen LogP contribution is 2.76. The van der Waals surface area contributed by atoms with Gasteiger partial charge in [0.1, 0.15) is 0 Å². The molecule has 0 aromatic carbocycles. The fourth-order valence-corrected chi connectivity index (χ4v) is 12.6. The Kier molecular flexibility index (Phi) is 9.51. The topological polar surface area (TPSA) is 105 Å². The van der Waals surface area contributed by atoms with Crippen LogP contribution < -0.4 is 11.1 Å². The van der Waals surface area contributed by atoms with Crippen molar-refractivity contribution in [1.29, 1.82) is 0 Å². The number of nitrogens with one attached hydrogen (secondary N) is 1. The van der Waals surface area contributed by atoms with Crippen LogP contribution in [0, 0.1) is 45.3 Å². The van der Waals surface area contributed by atoms with E-state index in [2.05, 4.69) is 46.9 Å². The standard InChI is InChI=1S/C38H68N2O4/c1-33(2)27-16-21-36(6)28(35(27,5)19-17-29(33)40-31(42)14-12-10-9-11-13-23-39)24-26(41)32-25(15-20-37(32,36)7)38(8)22-18-30(44-38)34(3,4)43/h25-30,32,41,43H,9-24,39H2,1-8H3,(H,40,42)/t25-,26+,27-,28+,29-,30+,32-,35-,36+,37+,38-/m0/s1. The number of carbonyl (C=O) groups is 1. The summed E-state index contributed by atoms with van der Waals surface area (Å²) >= 11 is 0. The second kappa shape index (κ2) is 12.1. The normalized spacial score (nSPS) is 46.7. The van der Waals surface area contributed by atoms with Gasteiger partial charge in [0, 0.05) is 12.5 Å². The number of aliphatic hydroxyl groups is 2. The van der Waals surface area contributed by atoms with Crippen LogP contribution >= 0.6 is 0 Å². The van der Waals surface area contributed by atoms with Gasteiger partial charge < -0.3 is 26.0 Å². The van der Waals surface area contributed by atoms with Crippen molar-refractivity contribution < 1.29 is 19.7 Å². The Morgan fingerprint density at radius 3 is 2.18 bits per heavy atom. The lowest BCUT2D eigenvalue weighted by Gasteiger charge is -2.71. The second-order valence-corrected chi connectivity index (χ2v) is 18.4. The summed E-state index contributed by atoms with van der Waals surface area (Å²) in [4.78, 5) is 13.1. The van der Waals surface area contributed by atoms with E-state index in [1.165, 1.54) is 25.7 Å². The minimum Gasteiger partial charge on any atom is -0.393 e. The predicted octanol–water partition coefficient (Wildman–Crippen LogP) is 7.14. The molecular formula is C38H68N2O4. The van der Waals surface area contributed by atoms with Crippen molar-refractivity contribution >= 4 is 5.91 Å². The first-order valence-corrected chi connectivity index (χ1v) is 18.5. The van der Waals surface area contributed by atoms with Crippen molar-refractivity contribution in [2.75, 3.05) is 6.54 Å². The first-order valence-electron chi connectivity index (χ1n) is 18.5. The van der Waals surface area contributed by atoms with Crippen LogP contribution in [0.2, 0.25) is 0 Å². The molecule has 11 atom stereocenters. The van der Waals surface area contributed by atoms with Crippen molar-refractivity contribution in [2.24, 2.45) is 51.1 Å². The minimum absolute atomic E-state index is 0.0172. The number of fused-ring (bicyclic) bond motifs is 5. The first-order chi connectivity index (χ1) is 20.4. The molecule has 5 aliphatic rings. The Bertz CT molecular complexity index is 1040. The molecule has 1 saturated heterocycles. The van der Waals surface area contributed by atoms with Gasteiger partial charge in [-0.1, -0.05) is 53.9 Å². The molecule has 1 amide bonds. The van der Waals surface area contributed by atoms with Gasteiger partial charge in [-0.15, -0.1) is 0 Å². The predicted molar refractivity (Wildman–Crippen MR) is 178 cm³/mol. The molecule has 0 aromatic heterocycles. The number of ether oxygens (including phenoxy) is 1. The molecule has 0 unspecified atom stereocenters. The number of nitrogens with two attached hydrogens (primary N) is 1. The molecule has 6 nitrogen and oxygen atoms in total. The summed E-state index contributed by atoms with van der Waals surface area (Å²) in [5.74, 6) is 1.77. The van der Waals surface area contributed by atoms with Gasteiger partial charge in [-0.2, -0.15) is 0 Å². The highest BCUT2D eigenvalue weighted by Gasteiger charge is 2.72. The van der Waals surface area contributed by atoms with Crippen LogP contribution in [-0.4, -0.2) is 52.1 Å². The second-order valence-electron chi connectivity index (χ2n) is 18.4. The van der Waals surface area contributed by atoms with E-state index >= 15 is 0 Å². The van der Waals surface area contributed by atoms with E-state index in [1.54, 1.807) is 0 Å². The zero-order valence-electron chi connectivity index (χ0n) is 29.6. The lowest BCUT2D eigenvalue weighted by Crippen LogP contribution is -2.67. The fourth-order valence-electron chi connectivity index (χ4n) is 12.6. The number of amides is 1. The molecule has 0 spiro atoms. The summed E-state index contributed by atoms with van der Waals surface area (Å²) in [5, 5.41) is 26.4. The molecule has 1 heterocycles. The molecule has 5 fully saturated rings. The summed E-state index contributed by atoms with van der Waals surface area (Å²) in [6.07, 6.45) is 15.2. The van der Waals surface area contributed by atoms with Gasteiger partial charge in [0.25, 0.3) is 0 Å². The third-order valence-corrected chi connectivity index (χ3v) is 15.3. The zero-order chi connectivity index (χ0) is 32.3. The maximum absolute atomic E-state index is 13.1. The monoisotopic (exact) mass is 617 g/mol. The summed E-state index contributed by atoms with van der Waals surface area (Å²) in [5.41, 5.74) is 4.87. The van der Waals surface area contributed by atoms with Gasteiger partial charge in [0.05, 0.1) is 23.4 Å². The Morgan fingerprint density at radius 1 is 0.864 bits per heavy atom. The average molecular weight is 617 g/mol. The Morgan fingerprint density at radius 2 is 1.52 bits per heavy atom. The summed E-state index contributed by atoms with van der Waals surface area (Å²) < 4.78 is 6.73. The Hall–Kier alpha value is -0.690. The quantitative estimate of drug-likeness (QED) is 0.195. The van der Waals surface area contributed by atoms with Gasteiger partial charge in [0.15, 0.2) is 0 Å². The van der Waals surface area contributed by atoms with Crippen LogP contribution in [0.25, 0.3) is 0 Å². The summed E-state index contributed by atoms with van der Waals surface area (Å²) in [6, 6.07) is 0.213. The van der Waals surface area contributed by atoms with Gasteiger partial charge >= 0.3 is 0 Å². The number of rotatable bonds is 10. The summed E-state index contributed by atoms with van der Waals surface area (Å²) in [7, 11) is 0. The first kappa shape index (κ1) is 34.6. The minimum atomic E-state index is -0.843.